The summed E-state index contributed by atoms with van der Waals surface area (Å²) in [6.45, 7) is 13.0. The van der Waals surface area contributed by atoms with Crippen LogP contribution in [-0.4, -0.2) is 35.9 Å². The number of ether oxygens (including phenoxy) is 2. The molecule has 0 unspecified atom stereocenters. The van der Waals surface area contributed by atoms with E-state index in [0.29, 0.717) is 6.61 Å². The molecule has 0 aliphatic rings. The Kier molecular flexibility index (Phi) is 6.35. The SMILES string of the molecule is CC(C)(C)OC(=O)Nc1ncn(COCC[Si](C)(C)C)c1C#N. The molecule has 1 aromatic heterocycles. The number of carbonyl (C=O) groups is 1. The molecule has 1 heterocycles. The van der Waals surface area contributed by atoms with Gasteiger partial charge in [0.2, 0.25) is 0 Å². The van der Waals surface area contributed by atoms with Crippen molar-refractivity contribution < 1.29 is 14.3 Å². The molecule has 0 saturated heterocycles. The third-order valence-electron chi connectivity index (χ3n) is 2.79. The fraction of sp³-hybridized carbons (Fsp3) is 0.667. The monoisotopic (exact) mass is 338 g/mol. The number of nitrogens with zero attached hydrogens (tertiary/aromatic N) is 3. The molecule has 0 radical (unpaired) electrons. The van der Waals surface area contributed by atoms with Gasteiger partial charge in [0.25, 0.3) is 0 Å². The summed E-state index contributed by atoms with van der Waals surface area (Å²) in [5, 5.41) is 11.8. The molecular weight excluding hydrogens is 312 g/mol. The summed E-state index contributed by atoms with van der Waals surface area (Å²) in [5.41, 5.74) is -0.372. The molecule has 7 nitrogen and oxygen atoms in total. The average Bonchev–Trinajstić information content (AvgIpc) is 2.73. The van der Waals surface area contributed by atoms with E-state index in [-0.39, 0.29) is 18.2 Å². The van der Waals surface area contributed by atoms with E-state index in [1.807, 2.05) is 6.07 Å². The van der Waals surface area contributed by atoms with Crippen molar-refractivity contribution in [2.45, 2.75) is 58.8 Å². The van der Waals surface area contributed by atoms with Crippen LogP contribution in [0.1, 0.15) is 26.5 Å². The highest BCUT2D eigenvalue weighted by atomic mass is 28.3. The fourth-order valence-electron chi connectivity index (χ4n) is 1.63. The molecule has 0 aliphatic carbocycles. The van der Waals surface area contributed by atoms with Gasteiger partial charge in [-0.3, -0.25) is 9.88 Å². The number of rotatable bonds is 6. The number of carbonyl (C=O) groups excluding carboxylic acids is 1. The van der Waals surface area contributed by atoms with Crippen LogP contribution in [-0.2, 0) is 16.2 Å². The number of aromatic nitrogens is 2. The minimum absolute atomic E-state index is 0.176. The van der Waals surface area contributed by atoms with Gasteiger partial charge in [0, 0.05) is 14.7 Å². The standard InChI is InChI=1S/C15H26N4O3Si/c1-15(2,3)22-14(20)18-13-12(9-16)19(10-17-13)11-21-7-8-23(4,5)6/h10H,7-8,11H2,1-6H3,(H,18,20). The zero-order valence-corrected chi connectivity index (χ0v) is 15.8. The Hall–Kier alpha value is -1.85. The number of imidazole rings is 1. The van der Waals surface area contributed by atoms with Gasteiger partial charge in [-0.25, -0.2) is 9.78 Å². The van der Waals surface area contributed by atoms with Crippen LogP contribution in [0.5, 0.6) is 0 Å². The van der Waals surface area contributed by atoms with E-state index in [4.69, 9.17) is 9.47 Å². The quantitative estimate of drug-likeness (QED) is 0.634. The Balaban J connectivity index is 2.63. The third-order valence-corrected chi connectivity index (χ3v) is 4.49. The number of hydrogen-bond acceptors (Lipinski definition) is 5. The van der Waals surface area contributed by atoms with Gasteiger partial charge < -0.3 is 9.47 Å². The molecule has 0 bridgehead atoms. The van der Waals surface area contributed by atoms with Crippen LogP contribution in [0, 0.1) is 11.3 Å². The molecule has 1 rings (SSSR count). The van der Waals surface area contributed by atoms with Crippen LogP contribution < -0.4 is 5.32 Å². The third kappa shape index (κ3) is 7.30. The lowest BCUT2D eigenvalue weighted by Gasteiger charge is -2.19. The van der Waals surface area contributed by atoms with Gasteiger partial charge in [0.1, 0.15) is 24.7 Å². The van der Waals surface area contributed by atoms with Crippen LogP contribution >= 0.6 is 0 Å². The number of nitriles is 1. The fourth-order valence-corrected chi connectivity index (χ4v) is 2.39. The summed E-state index contributed by atoms with van der Waals surface area (Å²) in [6.07, 6.45) is 0.832. The number of anilines is 1. The highest BCUT2D eigenvalue weighted by molar-refractivity contribution is 6.76. The van der Waals surface area contributed by atoms with Crippen LogP contribution in [0.25, 0.3) is 0 Å². The summed E-state index contributed by atoms with van der Waals surface area (Å²) < 4.78 is 12.3. The van der Waals surface area contributed by atoms with Crippen molar-refractivity contribution in [3.63, 3.8) is 0 Å². The maximum Gasteiger partial charge on any atom is 0.413 e. The Bertz CT molecular complexity index is 579. The molecule has 128 valence electrons. The molecule has 23 heavy (non-hydrogen) atoms. The predicted octanol–water partition coefficient (Wildman–Crippen LogP) is 3.41. The van der Waals surface area contributed by atoms with Crippen LogP contribution in [0.4, 0.5) is 10.6 Å². The highest BCUT2D eigenvalue weighted by Crippen LogP contribution is 2.15. The van der Waals surface area contributed by atoms with Crippen molar-refractivity contribution in [2.75, 3.05) is 11.9 Å². The second kappa shape index (κ2) is 7.61. The zero-order chi connectivity index (χ0) is 17.7. The minimum atomic E-state index is -1.15. The molecule has 8 heteroatoms. The second-order valence-electron chi connectivity index (χ2n) is 7.50. The summed E-state index contributed by atoms with van der Waals surface area (Å²) >= 11 is 0. The Morgan fingerprint density at radius 2 is 2.09 bits per heavy atom. The van der Waals surface area contributed by atoms with Crippen molar-refractivity contribution >= 4 is 20.0 Å². The number of amides is 1. The largest absolute Gasteiger partial charge is 0.444 e. The topological polar surface area (TPSA) is 89.2 Å². The van der Waals surface area contributed by atoms with Gasteiger partial charge in [-0.15, -0.1) is 0 Å². The summed E-state index contributed by atoms with van der Waals surface area (Å²) in [4.78, 5) is 15.8. The molecule has 0 fully saturated rings. The number of nitrogens with one attached hydrogen (secondary N) is 1. The van der Waals surface area contributed by atoms with E-state index in [1.54, 1.807) is 25.3 Å². The summed E-state index contributed by atoms with van der Waals surface area (Å²) in [6, 6.07) is 3.08. The lowest BCUT2D eigenvalue weighted by Crippen LogP contribution is -2.27. The first kappa shape index (κ1) is 19.2. The minimum Gasteiger partial charge on any atom is -0.444 e. The van der Waals surface area contributed by atoms with Gasteiger partial charge >= 0.3 is 6.09 Å². The average molecular weight is 338 g/mol. The molecule has 1 aromatic rings. The lowest BCUT2D eigenvalue weighted by atomic mass is 10.2. The van der Waals surface area contributed by atoms with Crippen LogP contribution in [0.15, 0.2) is 6.33 Å². The Morgan fingerprint density at radius 1 is 1.43 bits per heavy atom. The van der Waals surface area contributed by atoms with Crippen molar-refractivity contribution in [3.8, 4) is 6.07 Å². The van der Waals surface area contributed by atoms with Gasteiger partial charge in [-0.05, 0) is 26.8 Å². The molecule has 1 N–H and O–H groups in total. The Labute approximate surface area is 138 Å². The summed E-state index contributed by atoms with van der Waals surface area (Å²) in [7, 11) is -1.15. The molecule has 0 aromatic carbocycles. The molecular formula is C15H26N4O3Si. The molecule has 1 amide bonds. The van der Waals surface area contributed by atoms with Gasteiger partial charge in [0.15, 0.2) is 11.5 Å². The van der Waals surface area contributed by atoms with Crippen molar-refractivity contribution in [1.82, 2.24) is 9.55 Å². The first-order valence-electron chi connectivity index (χ1n) is 7.55. The normalized spacial score (nSPS) is 11.9. The van der Waals surface area contributed by atoms with Crippen LogP contribution in [0.3, 0.4) is 0 Å². The van der Waals surface area contributed by atoms with Gasteiger partial charge in [-0.1, -0.05) is 19.6 Å². The maximum absolute atomic E-state index is 11.8. The van der Waals surface area contributed by atoms with Crippen molar-refractivity contribution in [3.05, 3.63) is 12.0 Å². The predicted molar refractivity (Wildman–Crippen MR) is 90.9 cm³/mol. The zero-order valence-electron chi connectivity index (χ0n) is 14.8. The second-order valence-corrected chi connectivity index (χ2v) is 13.1. The van der Waals surface area contributed by atoms with Gasteiger partial charge in [-0.2, -0.15) is 5.26 Å². The first-order chi connectivity index (χ1) is 10.5. The lowest BCUT2D eigenvalue weighted by molar-refractivity contribution is 0.0635. The van der Waals surface area contributed by atoms with E-state index in [0.717, 1.165) is 6.04 Å². The molecule has 0 spiro atoms. The first-order valence-corrected chi connectivity index (χ1v) is 11.3. The van der Waals surface area contributed by atoms with E-state index >= 15 is 0 Å². The van der Waals surface area contributed by atoms with E-state index in [9.17, 15) is 10.1 Å². The highest BCUT2D eigenvalue weighted by Gasteiger charge is 2.19. The van der Waals surface area contributed by atoms with Crippen molar-refractivity contribution in [1.29, 1.82) is 5.26 Å². The van der Waals surface area contributed by atoms with E-state index in [1.165, 1.54) is 6.33 Å². The van der Waals surface area contributed by atoms with E-state index in [2.05, 4.69) is 29.9 Å². The smallest absolute Gasteiger partial charge is 0.413 e. The molecule has 0 aliphatic heterocycles. The van der Waals surface area contributed by atoms with Crippen LogP contribution in [0.2, 0.25) is 25.7 Å². The Morgan fingerprint density at radius 3 is 2.61 bits per heavy atom. The van der Waals surface area contributed by atoms with Crippen molar-refractivity contribution in [2.24, 2.45) is 0 Å². The molecule has 0 saturated carbocycles. The number of hydrogen-bond donors (Lipinski definition) is 1. The summed E-state index contributed by atoms with van der Waals surface area (Å²) in [5.74, 6) is 0.176. The molecule has 0 atom stereocenters. The van der Waals surface area contributed by atoms with E-state index < -0.39 is 19.8 Å². The maximum atomic E-state index is 11.8. The van der Waals surface area contributed by atoms with Gasteiger partial charge in [0.05, 0.1) is 0 Å².